The Bertz CT molecular complexity index is 1240. The van der Waals surface area contributed by atoms with Crippen molar-refractivity contribution in [3.05, 3.63) is 63.6 Å². The van der Waals surface area contributed by atoms with Crippen LogP contribution in [0.25, 0.3) is 0 Å². The van der Waals surface area contributed by atoms with Crippen LogP contribution in [-0.4, -0.2) is 81.4 Å². The number of halogens is 2. The Morgan fingerprint density at radius 2 is 1.89 bits per heavy atom. The van der Waals surface area contributed by atoms with Crippen LogP contribution in [0.3, 0.4) is 0 Å². The number of nitrogens with one attached hydrogen (secondary N) is 2. The molecule has 194 valence electrons. The number of aliphatic imine (C=N–C) groups is 1. The lowest BCUT2D eigenvalue weighted by Crippen LogP contribution is -2.33. The fourth-order valence-corrected chi connectivity index (χ4v) is 5.36. The number of Topliss-reactive ketones (excluding diaryl/α,β-unsaturated/α-hetero) is 1. The number of ether oxygens (including phenoxy) is 1. The molecule has 0 atom stereocenters. The van der Waals surface area contributed by atoms with Crippen molar-refractivity contribution in [2.75, 3.05) is 45.3 Å². The molecule has 1 amide bonds. The van der Waals surface area contributed by atoms with Crippen LogP contribution in [0.5, 0.6) is 0 Å². The number of hydrogen-bond donors (Lipinski definition) is 3. The maximum atomic E-state index is 12.3. The molecule has 36 heavy (non-hydrogen) atoms. The first kappa shape index (κ1) is 28.0. The standard InChI is InChI=1S/C23H26Cl2N4O6S/c24-19-3-1-2-4-21(19)36(33,34)15-26-8-10-35-14-18(30)13-27-12-17-6-5-16(11-20(17)25)22-28-7-9-29(22)23(31)32/h1-6,11,26-27H,7-10,12-15H2,(H,31,32). The number of sulfone groups is 1. The molecule has 0 spiro atoms. The summed E-state index contributed by atoms with van der Waals surface area (Å²) in [6, 6.07) is 11.4. The quantitative estimate of drug-likeness (QED) is 0.320. The number of benzene rings is 2. The zero-order valence-electron chi connectivity index (χ0n) is 19.2. The molecule has 1 heterocycles. The molecule has 0 bridgehead atoms. The highest BCUT2D eigenvalue weighted by atomic mass is 35.5. The highest BCUT2D eigenvalue weighted by Gasteiger charge is 2.24. The zero-order valence-corrected chi connectivity index (χ0v) is 21.6. The van der Waals surface area contributed by atoms with Gasteiger partial charge in [0.15, 0.2) is 15.6 Å². The van der Waals surface area contributed by atoms with Crippen molar-refractivity contribution in [1.82, 2.24) is 15.5 Å². The van der Waals surface area contributed by atoms with Gasteiger partial charge in [-0.05, 0) is 23.8 Å². The lowest BCUT2D eigenvalue weighted by atomic mass is 10.1. The molecule has 10 nitrogen and oxygen atoms in total. The van der Waals surface area contributed by atoms with Crippen LogP contribution in [0, 0.1) is 0 Å². The van der Waals surface area contributed by atoms with E-state index < -0.39 is 15.9 Å². The number of carboxylic acid groups (broad SMARTS) is 1. The fourth-order valence-electron chi connectivity index (χ4n) is 3.41. The van der Waals surface area contributed by atoms with Crippen LogP contribution in [0.4, 0.5) is 4.79 Å². The maximum absolute atomic E-state index is 12.3. The molecule has 2 aromatic carbocycles. The summed E-state index contributed by atoms with van der Waals surface area (Å²) in [5.74, 6) is -0.104. The average Bonchev–Trinajstić information content (AvgIpc) is 3.33. The Kier molecular flexibility index (Phi) is 10.2. The lowest BCUT2D eigenvalue weighted by molar-refractivity contribution is -0.122. The second-order valence-electron chi connectivity index (χ2n) is 7.83. The first-order valence-corrected chi connectivity index (χ1v) is 13.4. The van der Waals surface area contributed by atoms with Crippen molar-refractivity contribution >= 4 is 50.8 Å². The molecule has 0 aromatic heterocycles. The molecule has 1 aliphatic rings. The third-order valence-corrected chi connectivity index (χ3v) is 7.57. The first-order chi connectivity index (χ1) is 17.2. The van der Waals surface area contributed by atoms with Gasteiger partial charge in [-0.15, -0.1) is 0 Å². The van der Waals surface area contributed by atoms with Gasteiger partial charge in [0.1, 0.15) is 18.3 Å². The molecule has 3 rings (SSSR count). The van der Waals surface area contributed by atoms with Gasteiger partial charge in [-0.25, -0.2) is 13.2 Å². The van der Waals surface area contributed by atoms with E-state index in [1.54, 1.807) is 30.3 Å². The van der Waals surface area contributed by atoms with Crippen LogP contribution in [0.2, 0.25) is 10.0 Å². The minimum absolute atomic E-state index is 0.0607. The summed E-state index contributed by atoms with van der Waals surface area (Å²) in [6.45, 7) is 1.40. The molecule has 0 saturated carbocycles. The Morgan fingerprint density at radius 1 is 1.11 bits per heavy atom. The maximum Gasteiger partial charge on any atom is 0.413 e. The predicted molar refractivity (Wildman–Crippen MR) is 137 cm³/mol. The van der Waals surface area contributed by atoms with Crippen molar-refractivity contribution < 1.29 is 27.9 Å². The summed E-state index contributed by atoms with van der Waals surface area (Å²) in [5, 5.41) is 15.6. The highest BCUT2D eigenvalue weighted by Crippen LogP contribution is 2.22. The number of amides is 1. The second-order valence-corrected chi connectivity index (χ2v) is 10.6. The molecule has 0 radical (unpaired) electrons. The molecule has 0 saturated heterocycles. The van der Waals surface area contributed by atoms with E-state index in [1.807, 2.05) is 0 Å². The van der Waals surface area contributed by atoms with E-state index in [0.29, 0.717) is 36.1 Å². The van der Waals surface area contributed by atoms with Crippen molar-refractivity contribution in [2.45, 2.75) is 11.4 Å². The number of rotatable bonds is 13. The van der Waals surface area contributed by atoms with Gasteiger partial charge < -0.3 is 20.5 Å². The van der Waals surface area contributed by atoms with Crippen LogP contribution >= 0.6 is 23.2 Å². The summed E-state index contributed by atoms with van der Waals surface area (Å²) in [4.78, 5) is 28.8. The molecule has 13 heteroatoms. The largest absolute Gasteiger partial charge is 0.465 e. The fraction of sp³-hybridized carbons (Fsp3) is 0.348. The molecular formula is C23H26Cl2N4O6S. The Labute approximate surface area is 219 Å². The van der Waals surface area contributed by atoms with E-state index in [0.717, 1.165) is 5.56 Å². The van der Waals surface area contributed by atoms with E-state index in [1.165, 1.54) is 17.0 Å². The number of carbonyl (C=O) groups excluding carboxylic acids is 1. The summed E-state index contributed by atoms with van der Waals surface area (Å²) >= 11 is 12.3. The normalized spacial score (nSPS) is 13.6. The van der Waals surface area contributed by atoms with Crippen molar-refractivity contribution in [1.29, 1.82) is 0 Å². The summed E-state index contributed by atoms with van der Waals surface area (Å²) in [7, 11) is -3.57. The predicted octanol–water partition coefficient (Wildman–Crippen LogP) is 2.43. The third-order valence-electron chi connectivity index (χ3n) is 5.17. The van der Waals surface area contributed by atoms with Gasteiger partial charge in [0.2, 0.25) is 0 Å². The van der Waals surface area contributed by atoms with Crippen molar-refractivity contribution in [2.24, 2.45) is 4.99 Å². The highest BCUT2D eigenvalue weighted by molar-refractivity contribution is 7.91. The first-order valence-electron chi connectivity index (χ1n) is 11.0. The molecule has 0 unspecified atom stereocenters. The van der Waals surface area contributed by atoms with E-state index in [9.17, 15) is 23.1 Å². The van der Waals surface area contributed by atoms with Gasteiger partial charge in [0.05, 0.1) is 36.2 Å². The minimum atomic E-state index is -3.57. The summed E-state index contributed by atoms with van der Waals surface area (Å²) in [5.41, 5.74) is 1.36. The molecule has 3 N–H and O–H groups in total. The number of nitrogens with zero attached hydrogens (tertiary/aromatic N) is 2. The Balaban J connectivity index is 1.33. The Hall–Kier alpha value is -2.54. The zero-order chi connectivity index (χ0) is 26.1. The van der Waals surface area contributed by atoms with Crippen molar-refractivity contribution in [3.63, 3.8) is 0 Å². The number of ketones is 1. The minimum Gasteiger partial charge on any atom is -0.465 e. The van der Waals surface area contributed by atoms with Crippen molar-refractivity contribution in [3.8, 4) is 0 Å². The van der Waals surface area contributed by atoms with E-state index in [-0.39, 0.29) is 47.9 Å². The van der Waals surface area contributed by atoms with Gasteiger partial charge in [0, 0.05) is 23.7 Å². The Morgan fingerprint density at radius 3 is 2.61 bits per heavy atom. The van der Waals surface area contributed by atoms with Gasteiger partial charge in [0.25, 0.3) is 0 Å². The molecular weight excluding hydrogens is 531 g/mol. The molecule has 0 aliphatic carbocycles. The monoisotopic (exact) mass is 556 g/mol. The van der Waals surface area contributed by atoms with Crippen LogP contribution in [0.1, 0.15) is 11.1 Å². The molecule has 2 aromatic rings. The van der Waals surface area contributed by atoms with Gasteiger partial charge >= 0.3 is 6.09 Å². The number of amidine groups is 1. The SMILES string of the molecule is O=C(CNCc1ccc(C2=NCCN2C(=O)O)cc1Cl)COCCNCS(=O)(=O)c1ccccc1Cl. The number of hydrogen-bond acceptors (Lipinski definition) is 8. The van der Waals surface area contributed by atoms with Crippen LogP contribution in [-0.2, 0) is 25.9 Å². The van der Waals surface area contributed by atoms with E-state index in [4.69, 9.17) is 27.9 Å². The second kappa shape index (κ2) is 13.1. The number of carbonyl (C=O) groups is 2. The lowest BCUT2D eigenvalue weighted by Gasteiger charge is -2.15. The average molecular weight is 557 g/mol. The van der Waals surface area contributed by atoms with Gasteiger partial charge in [-0.3, -0.25) is 14.7 Å². The van der Waals surface area contributed by atoms with E-state index in [2.05, 4.69) is 15.6 Å². The summed E-state index contributed by atoms with van der Waals surface area (Å²) in [6.07, 6.45) is -1.06. The topological polar surface area (TPSA) is 137 Å². The van der Waals surface area contributed by atoms with E-state index >= 15 is 0 Å². The van der Waals surface area contributed by atoms with Crippen LogP contribution < -0.4 is 10.6 Å². The van der Waals surface area contributed by atoms with Gasteiger partial charge in [-0.2, -0.15) is 0 Å². The van der Waals surface area contributed by atoms with Crippen LogP contribution in [0.15, 0.2) is 52.4 Å². The summed E-state index contributed by atoms with van der Waals surface area (Å²) < 4.78 is 29.9. The third kappa shape index (κ3) is 7.73. The smallest absolute Gasteiger partial charge is 0.413 e. The molecule has 0 fully saturated rings. The van der Waals surface area contributed by atoms with Gasteiger partial charge in [-0.1, -0.05) is 47.5 Å². The molecule has 1 aliphatic heterocycles.